The maximum atomic E-state index is 11.7. The van der Waals surface area contributed by atoms with Crippen LogP contribution in [0.3, 0.4) is 0 Å². The number of carbonyl (C=O) groups is 1. The van der Waals surface area contributed by atoms with Crippen molar-refractivity contribution in [3.63, 3.8) is 0 Å². The fraction of sp³-hybridized carbons (Fsp3) is 0.923. The first-order valence-corrected chi connectivity index (χ1v) is 6.77. The number of nitrogens with one attached hydrogen (secondary N) is 1. The third-order valence-corrected chi connectivity index (χ3v) is 3.73. The maximum absolute atomic E-state index is 11.7. The lowest BCUT2D eigenvalue weighted by molar-refractivity contribution is -0.125. The minimum Gasteiger partial charge on any atom is -0.378 e. The molecule has 1 rings (SSSR count). The molecule has 100 valence electrons. The molecule has 1 saturated heterocycles. The molecule has 4 heteroatoms. The highest BCUT2D eigenvalue weighted by atomic mass is 16.5. The largest absolute Gasteiger partial charge is 0.378 e. The number of amides is 1. The van der Waals surface area contributed by atoms with Crippen LogP contribution in [-0.2, 0) is 9.53 Å². The number of hydrogen-bond acceptors (Lipinski definition) is 3. The van der Waals surface area contributed by atoms with Crippen molar-refractivity contribution >= 4 is 5.91 Å². The van der Waals surface area contributed by atoms with Crippen LogP contribution in [0.25, 0.3) is 0 Å². The Hall–Kier alpha value is -0.610. The molecule has 1 unspecified atom stereocenters. The lowest BCUT2D eigenvalue weighted by Gasteiger charge is -2.27. The fourth-order valence-corrected chi connectivity index (χ4v) is 2.02. The van der Waals surface area contributed by atoms with E-state index in [0.717, 1.165) is 32.3 Å². The first kappa shape index (κ1) is 14.5. The lowest BCUT2D eigenvalue weighted by atomic mass is 9.94. The molecular formula is C13H26N2O2. The molecule has 0 aromatic rings. The van der Waals surface area contributed by atoms with Crippen LogP contribution in [-0.4, -0.2) is 30.7 Å². The van der Waals surface area contributed by atoms with Gasteiger partial charge >= 0.3 is 0 Å². The van der Waals surface area contributed by atoms with Crippen molar-refractivity contribution in [1.29, 1.82) is 0 Å². The molecule has 1 aliphatic heterocycles. The van der Waals surface area contributed by atoms with E-state index in [1.807, 2.05) is 0 Å². The predicted molar refractivity (Wildman–Crippen MR) is 68.7 cm³/mol. The molecule has 17 heavy (non-hydrogen) atoms. The fourth-order valence-electron chi connectivity index (χ4n) is 2.02. The average molecular weight is 242 g/mol. The molecule has 0 aliphatic carbocycles. The standard InChI is InChI=1S/C13H26N2O2/c1-3-13(14,4-2)10-15-12(16)9-11-7-5-6-8-17-11/h11H,3-10,14H2,1-2H3,(H,15,16). The van der Waals surface area contributed by atoms with E-state index in [-0.39, 0.29) is 17.6 Å². The van der Waals surface area contributed by atoms with E-state index in [1.54, 1.807) is 0 Å². The maximum Gasteiger partial charge on any atom is 0.222 e. The van der Waals surface area contributed by atoms with Gasteiger partial charge in [0.25, 0.3) is 0 Å². The van der Waals surface area contributed by atoms with Crippen LogP contribution in [0.1, 0.15) is 52.4 Å². The average Bonchev–Trinajstić information content (AvgIpc) is 2.37. The van der Waals surface area contributed by atoms with Crippen molar-refractivity contribution in [3.05, 3.63) is 0 Å². The third kappa shape index (κ3) is 5.04. The Balaban J connectivity index is 2.24. The highest BCUT2D eigenvalue weighted by molar-refractivity contribution is 5.76. The second kappa shape index (κ2) is 6.97. The molecule has 1 atom stereocenters. The van der Waals surface area contributed by atoms with Crippen molar-refractivity contribution in [2.24, 2.45) is 5.73 Å². The van der Waals surface area contributed by atoms with Crippen molar-refractivity contribution in [2.45, 2.75) is 64.0 Å². The van der Waals surface area contributed by atoms with Crippen LogP contribution in [0, 0.1) is 0 Å². The van der Waals surface area contributed by atoms with Gasteiger partial charge in [-0.05, 0) is 32.1 Å². The Labute approximate surface area is 104 Å². The molecule has 4 nitrogen and oxygen atoms in total. The van der Waals surface area contributed by atoms with E-state index in [1.165, 1.54) is 6.42 Å². The summed E-state index contributed by atoms with van der Waals surface area (Å²) in [5.74, 6) is 0.0635. The molecule has 1 amide bonds. The van der Waals surface area contributed by atoms with Gasteiger partial charge < -0.3 is 15.8 Å². The number of carbonyl (C=O) groups excluding carboxylic acids is 1. The normalized spacial score (nSPS) is 21.2. The van der Waals surface area contributed by atoms with Crippen LogP contribution in [0.15, 0.2) is 0 Å². The summed E-state index contributed by atoms with van der Waals surface area (Å²) in [6.45, 7) is 5.47. The van der Waals surface area contributed by atoms with E-state index >= 15 is 0 Å². The van der Waals surface area contributed by atoms with Gasteiger partial charge in [0.05, 0.1) is 12.5 Å². The number of ether oxygens (including phenoxy) is 1. The highest BCUT2D eigenvalue weighted by Crippen LogP contribution is 2.15. The summed E-state index contributed by atoms with van der Waals surface area (Å²) in [5, 5.41) is 2.93. The Bertz CT molecular complexity index is 234. The Morgan fingerprint density at radius 2 is 2.12 bits per heavy atom. The molecular weight excluding hydrogens is 216 g/mol. The van der Waals surface area contributed by atoms with Gasteiger partial charge in [0, 0.05) is 18.7 Å². The summed E-state index contributed by atoms with van der Waals surface area (Å²) in [7, 11) is 0. The minimum atomic E-state index is -0.261. The van der Waals surface area contributed by atoms with Gasteiger partial charge in [-0.25, -0.2) is 0 Å². The number of hydrogen-bond donors (Lipinski definition) is 2. The molecule has 1 aliphatic rings. The summed E-state index contributed by atoms with van der Waals surface area (Å²) in [5.41, 5.74) is 5.87. The van der Waals surface area contributed by atoms with Crippen molar-refractivity contribution in [3.8, 4) is 0 Å². The lowest BCUT2D eigenvalue weighted by Crippen LogP contribution is -2.49. The van der Waals surface area contributed by atoms with Gasteiger partial charge in [-0.1, -0.05) is 13.8 Å². The summed E-state index contributed by atoms with van der Waals surface area (Å²) < 4.78 is 5.54. The Kier molecular flexibility index (Phi) is 5.92. The quantitative estimate of drug-likeness (QED) is 0.743. The molecule has 0 aromatic carbocycles. The van der Waals surface area contributed by atoms with Gasteiger partial charge in [0.15, 0.2) is 0 Å². The highest BCUT2D eigenvalue weighted by Gasteiger charge is 2.22. The van der Waals surface area contributed by atoms with Gasteiger partial charge in [-0.15, -0.1) is 0 Å². The van der Waals surface area contributed by atoms with Gasteiger partial charge in [0.1, 0.15) is 0 Å². The molecule has 3 N–H and O–H groups in total. The number of rotatable bonds is 6. The van der Waals surface area contributed by atoms with Crippen LogP contribution in [0.5, 0.6) is 0 Å². The second-order valence-corrected chi connectivity index (χ2v) is 5.04. The topological polar surface area (TPSA) is 64.3 Å². The van der Waals surface area contributed by atoms with Crippen molar-refractivity contribution < 1.29 is 9.53 Å². The van der Waals surface area contributed by atoms with Crippen molar-refractivity contribution in [2.75, 3.05) is 13.2 Å². The van der Waals surface area contributed by atoms with E-state index in [2.05, 4.69) is 19.2 Å². The predicted octanol–water partition coefficient (Wildman–Crippen LogP) is 1.58. The summed E-state index contributed by atoms with van der Waals surface area (Å²) in [6, 6.07) is 0. The monoisotopic (exact) mass is 242 g/mol. The Morgan fingerprint density at radius 1 is 1.41 bits per heavy atom. The zero-order valence-electron chi connectivity index (χ0n) is 11.1. The molecule has 0 spiro atoms. The summed E-state index contributed by atoms with van der Waals surface area (Å²) in [6.07, 6.45) is 5.64. The Morgan fingerprint density at radius 3 is 2.65 bits per heavy atom. The number of nitrogens with two attached hydrogens (primary N) is 1. The SMILES string of the molecule is CCC(N)(CC)CNC(=O)CC1CCCCO1. The second-order valence-electron chi connectivity index (χ2n) is 5.04. The summed E-state index contributed by atoms with van der Waals surface area (Å²) >= 11 is 0. The zero-order valence-corrected chi connectivity index (χ0v) is 11.1. The van der Waals surface area contributed by atoms with E-state index in [4.69, 9.17) is 10.5 Å². The minimum absolute atomic E-state index is 0.0635. The zero-order chi connectivity index (χ0) is 12.7. The van der Waals surface area contributed by atoms with Crippen LogP contribution >= 0.6 is 0 Å². The third-order valence-electron chi connectivity index (χ3n) is 3.73. The van der Waals surface area contributed by atoms with Gasteiger partial charge in [0.2, 0.25) is 5.91 Å². The first-order valence-electron chi connectivity index (χ1n) is 6.77. The summed E-state index contributed by atoms with van der Waals surface area (Å²) in [4.78, 5) is 11.7. The van der Waals surface area contributed by atoms with Crippen LogP contribution < -0.4 is 11.1 Å². The van der Waals surface area contributed by atoms with Gasteiger partial charge in [-0.2, -0.15) is 0 Å². The van der Waals surface area contributed by atoms with E-state index in [9.17, 15) is 4.79 Å². The van der Waals surface area contributed by atoms with E-state index < -0.39 is 0 Å². The first-order chi connectivity index (χ1) is 8.09. The molecule has 0 radical (unpaired) electrons. The van der Waals surface area contributed by atoms with Crippen molar-refractivity contribution in [1.82, 2.24) is 5.32 Å². The molecule has 0 bridgehead atoms. The van der Waals surface area contributed by atoms with Gasteiger partial charge in [-0.3, -0.25) is 4.79 Å². The molecule has 0 aromatic heterocycles. The van der Waals surface area contributed by atoms with E-state index in [0.29, 0.717) is 13.0 Å². The smallest absolute Gasteiger partial charge is 0.222 e. The molecule has 0 saturated carbocycles. The van der Waals surface area contributed by atoms with Crippen LogP contribution in [0.4, 0.5) is 0 Å². The van der Waals surface area contributed by atoms with Crippen LogP contribution in [0.2, 0.25) is 0 Å². The molecule has 1 heterocycles. The molecule has 1 fully saturated rings.